The average Bonchev–Trinajstić information content (AvgIpc) is 3.25. The molecule has 0 spiro atoms. The largest absolute Gasteiger partial charge is 0.492 e. The maximum atomic E-state index is 13.1. The van der Waals surface area contributed by atoms with Crippen molar-refractivity contribution >= 4 is 23.1 Å². The molecule has 6 nitrogen and oxygen atoms in total. The summed E-state index contributed by atoms with van der Waals surface area (Å²) in [4.78, 5) is 21.5. The van der Waals surface area contributed by atoms with Crippen molar-refractivity contribution in [1.29, 1.82) is 0 Å². The van der Waals surface area contributed by atoms with Crippen molar-refractivity contribution in [2.75, 3.05) is 38.1 Å². The summed E-state index contributed by atoms with van der Waals surface area (Å²) in [5.41, 5.74) is 2.47. The summed E-state index contributed by atoms with van der Waals surface area (Å²) in [7, 11) is 0. The van der Waals surface area contributed by atoms with Crippen LogP contribution in [0.3, 0.4) is 0 Å². The quantitative estimate of drug-likeness (QED) is 0.604. The van der Waals surface area contributed by atoms with E-state index in [1.165, 1.54) is 12.1 Å². The molecule has 2 heterocycles. The van der Waals surface area contributed by atoms with E-state index < -0.39 is 0 Å². The molecule has 0 saturated carbocycles. The first kappa shape index (κ1) is 21.3. The van der Waals surface area contributed by atoms with Crippen molar-refractivity contribution in [3.05, 3.63) is 64.7 Å². The highest BCUT2D eigenvalue weighted by atomic mass is 32.1. The van der Waals surface area contributed by atoms with E-state index in [9.17, 15) is 9.18 Å². The molecule has 3 aromatic rings. The van der Waals surface area contributed by atoms with Crippen LogP contribution < -0.4 is 10.1 Å². The van der Waals surface area contributed by atoms with E-state index in [2.05, 4.69) is 15.2 Å². The van der Waals surface area contributed by atoms with Gasteiger partial charge in [-0.05, 0) is 43.3 Å². The van der Waals surface area contributed by atoms with Crippen LogP contribution in [0.25, 0.3) is 11.3 Å². The van der Waals surface area contributed by atoms with Crippen LogP contribution in [-0.4, -0.2) is 53.6 Å². The van der Waals surface area contributed by atoms with Crippen molar-refractivity contribution in [2.45, 2.75) is 13.5 Å². The molecule has 1 fully saturated rings. The molecule has 2 amide bonds. The molecule has 1 saturated heterocycles. The number of halogens is 1. The van der Waals surface area contributed by atoms with E-state index in [-0.39, 0.29) is 11.8 Å². The highest BCUT2D eigenvalue weighted by molar-refractivity contribution is 7.09. The van der Waals surface area contributed by atoms with E-state index in [1.54, 1.807) is 23.5 Å². The molecule has 0 atom stereocenters. The molecule has 8 heteroatoms. The Balaban J connectivity index is 1.29. The predicted molar refractivity (Wildman–Crippen MR) is 121 cm³/mol. The molecule has 4 rings (SSSR count). The molecule has 0 aliphatic carbocycles. The van der Waals surface area contributed by atoms with E-state index in [1.807, 2.05) is 41.5 Å². The highest BCUT2D eigenvalue weighted by Gasteiger charge is 2.22. The lowest BCUT2D eigenvalue weighted by atomic mass is 10.2. The summed E-state index contributed by atoms with van der Waals surface area (Å²) in [6.07, 6.45) is 0. The third kappa shape index (κ3) is 5.39. The Morgan fingerprint density at radius 3 is 2.61 bits per heavy atom. The molecule has 1 aliphatic rings. The molecule has 0 unspecified atom stereocenters. The lowest BCUT2D eigenvalue weighted by Gasteiger charge is -2.34. The summed E-state index contributed by atoms with van der Waals surface area (Å²) in [6, 6.07) is 13.7. The van der Waals surface area contributed by atoms with Crippen LogP contribution in [0.15, 0.2) is 53.9 Å². The first-order valence-corrected chi connectivity index (χ1v) is 11.2. The second-order valence-corrected chi connectivity index (χ2v) is 8.20. The van der Waals surface area contributed by atoms with Crippen LogP contribution in [0, 0.1) is 5.82 Å². The number of aromatic nitrogens is 1. The summed E-state index contributed by atoms with van der Waals surface area (Å²) in [6.45, 7) is 6.08. The third-order valence-corrected chi connectivity index (χ3v) is 5.97. The molecule has 0 bridgehead atoms. The Labute approximate surface area is 185 Å². The Morgan fingerprint density at radius 1 is 1.13 bits per heavy atom. The van der Waals surface area contributed by atoms with Crippen LogP contribution in [0.4, 0.5) is 14.9 Å². The monoisotopic (exact) mass is 440 g/mol. The molecule has 1 aromatic heterocycles. The summed E-state index contributed by atoms with van der Waals surface area (Å²) in [5.74, 6) is 0.431. The number of rotatable bonds is 6. The maximum absolute atomic E-state index is 13.1. The molecular weight excluding hydrogens is 415 g/mol. The fraction of sp³-hybridized carbons (Fsp3) is 0.304. The van der Waals surface area contributed by atoms with Crippen LogP contribution >= 0.6 is 11.3 Å². The van der Waals surface area contributed by atoms with Gasteiger partial charge < -0.3 is 15.0 Å². The second kappa shape index (κ2) is 9.89. The fourth-order valence-corrected chi connectivity index (χ4v) is 4.33. The number of nitrogens with one attached hydrogen (secondary N) is 1. The lowest BCUT2D eigenvalue weighted by molar-refractivity contribution is 0.143. The minimum Gasteiger partial charge on any atom is -0.492 e. The smallest absolute Gasteiger partial charge is 0.322 e. The Hall–Kier alpha value is -2.97. The number of amides is 2. The van der Waals surface area contributed by atoms with Crippen molar-refractivity contribution in [3.63, 3.8) is 0 Å². The number of benzene rings is 2. The molecule has 0 radical (unpaired) electrons. The van der Waals surface area contributed by atoms with Crippen LogP contribution in [-0.2, 0) is 6.54 Å². The number of hydrogen-bond acceptors (Lipinski definition) is 5. The summed E-state index contributed by atoms with van der Waals surface area (Å²) in [5, 5.41) is 5.98. The topological polar surface area (TPSA) is 57.7 Å². The number of nitrogens with zero attached hydrogens (tertiary/aromatic N) is 3. The van der Waals surface area contributed by atoms with Crippen molar-refractivity contribution in [2.24, 2.45) is 0 Å². The number of thiazole rings is 1. The van der Waals surface area contributed by atoms with E-state index >= 15 is 0 Å². The third-order valence-electron chi connectivity index (χ3n) is 5.14. The van der Waals surface area contributed by atoms with Crippen molar-refractivity contribution in [1.82, 2.24) is 14.8 Å². The average molecular weight is 441 g/mol. The van der Waals surface area contributed by atoms with E-state index in [0.717, 1.165) is 35.9 Å². The van der Waals surface area contributed by atoms with E-state index in [4.69, 9.17) is 4.74 Å². The van der Waals surface area contributed by atoms with Gasteiger partial charge in [-0.2, -0.15) is 0 Å². The second-order valence-electron chi connectivity index (χ2n) is 7.26. The predicted octanol–water partition coefficient (Wildman–Crippen LogP) is 4.70. The fourth-order valence-electron chi connectivity index (χ4n) is 3.48. The van der Waals surface area contributed by atoms with Crippen molar-refractivity contribution < 1.29 is 13.9 Å². The first-order valence-electron chi connectivity index (χ1n) is 10.3. The van der Waals surface area contributed by atoms with Gasteiger partial charge in [0.25, 0.3) is 0 Å². The SMILES string of the molecule is CCOc1ccccc1NC(=O)N1CCN(Cc2nc(-c3ccc(F)cc3)cs2)CC1. The molecular formula is C23H25FN4O2S. The highest BCUT2D eigenvalue weighted by Crippen LogP contribution is 2.25. The van der Waals surface area contributed by atoms with Gasteiger partial charge in [0.05, 0.1) is 24.5 Å². The number of carbonyl (C=O) groups excluding carboxylic acids is 1. The zero-order valence-corrected chi connectivity index (χ0v) is 18.2. The molecule has 1 aliphatic heterocycles. The van der Waals surface area contributed by atoms with Crippen LogP contribution in [0.2, 0.25) is 0 Å². The van der Waals surface area contributed by atoms with Gasteiger partial charge in [-0.25, -0.2) is 14.2 Å². The number of carbonyl (C=O) groups is 1. The number of ether oxygens (including phenoxy) is 1. The number of urea groups is 1. The van der Waals surface area contributed by atoms with Gasteiger partial charge in [0, 0.05) is 37.1 Å². The number of para-hydroxylation sites is 2. The Bertz CT molecular complexity index is 1020. The number of hydrogen-bond donors (Lipinski definition) is 1. The normalized spacial score (nSPS) is 14.5. The van der Waals surface area contributed by atoms with Crippen LogP contribution in [0.1, 0.15) is 11.9 Å². The summed E-state index contributed by atoms with van der Waals surface area (Å²) < 4.78 is 18.7. The Morgan fingerprint density at radius 2 is 1.87 bits per heavy atom. The standard InChI is InChI=1S/C23H25FN4O2S/c1-2-30-21-6-4-3-5-19(21)26-23(29)28-13-11-27(12-14-28)15-22-25-20(16-31-22)17-7-9-18(24)10-8-17/h3-10,16H,2,11-15H2,1H3,(H,26,29). The molecule has 1 N–H and O–H groups in total. The van der Waals surface area contributed by atoms with Gasteiger partial charge >= 0.3 is 6.03 Å². The zero-order chi connectivity index (χ0) is 21.6. The summed E-state index contributed by atoms with van der Waals surface area (Å²) >= 11 is 1.60. The number of piperazine rings is 1. The minimum absolute atomic E-state index is 0.111. The van der Waals surface area contributed by atoms with E-state index in [0.29, 0.717) is 31.1 Å². The minimum atomic E-state index is -0.248. The molecule has 162 valence electrons. The van der Waals surface area contributed by atoms with Gasteiger partial charge in [-0.3, -0.25) is 4.90 Å². The van der Waals surface area contributed by atoms with Crippen LogP contribution in [0.5, 0.6) is 5.75 Å². The molecule has 31 heavy (non-hydrogen) atoms. The Kier molecular flexibility index (Phi) is 6.79. The first-order chi connectivity index (χ1) is 15.1. The zero-order valence-electron chi connectivity index (χ0n) is 17.4. The maximum Gasteiger partial charge on any atom is 0.322 e. The van der Waals surface area contributed by atoms with Crippen molar-refractivity contribution in [3.8, 4) is 17.0 Å². The van der Waals surface area contributed by atoms with Gasteiger partial charge in [-0.1, -0.05) is 12.1 Å². The van der Waals surface area contributed by atoms with Gasteiger partial charge in [-0.15, -0.1) is 11.3 Å². The molecule has 2 aromatic carbocycles. The van der Waals surface area contributed by atoms with Gasteiger partial charge in [0.2, 0.25) is 0 Å². The van der Waals surface area contributed by atoms with Gasteiger partial charge in [0.1, 0.15) is 16.6 Å². The number of anilines is 1. The lowest BCUT2D eigenvalue weighted by Crippen LogP contribution is -2.49. The van der Waals surface area contributed by atoms with Gasteiger partial charge in [0.15, 0.2) is 0 Å².